The smallest absolute Gasteiger partial charge is 0.290 e. The van der Waals surface area contributed by atoms with Crippen LogP contribution in [0.15, 0.2) is 48.8 Å². The molecule has 3 heterocycles. The van der Waals surface area contributed by atoms with E-state index < -0.39 is 0 Å². The zero-order valence-electron chi connectivity index (χ0n) is 16.9. The van der Waals surface area contributed by atoms with Gasteiger partial charge >= 0.3 is 0 Å². The van der Waals surface area contributed by atoms with Gasteiger partial charge in [-0.3, -0.25) is 14.5 Å². The van der Waals surface area contributed by atoms with Gasteiger partial charge in [0.15, 0.2) is 0 Å². The Balaban J connectivity index is 0.000000806. The SMILES string of the molecule is CNC(=O)CN1CCC(Nc2nccc(-n3ccc4ccccc43)n2)CC1.O=CO. The molecule has 4 rings (SSSR count). The summed E-state index contributed by atoms with van der Waals surface area (Å²) in [5, 5.41) is 14.2. The number of para-hydroxylation sites is 1. The van der Waals surface area contributed by atoms with Crippen LogP contribution >= 0.6 is 0 Å². The van der Waals surface area contributed by atoms with Crippen molar-refractivity contribution in [3.8, 4) is 5.82 Å². The van der Waals surface area contributed by atoms with E-state index >= 15 is 0 Å². The van der Waals surface area contributed by atoms with Crippen molar-refractivity contribution < 1.29 is 14.7 Å². The number of rotatable bonds is 5. The highest BCUT2D eigenvalue weighted by Crippen LogP contribution is 2.20. The monoisotopic (exact) mass is 410 g/mol. The predicted molar refractivity (Wildman–Crippen MR) is 115 cm³/mol. The summed E-state index contributed by atoms with van der Waals surface area (Å²) in [5.41, 5.74) is 1.13. The number of carbonyl (C=O) groups is 2. The number of carboxylic acid groups (broad SMARTS) is 1. The fourth-order valence-electron chi connectivity index (χ4n) is 3.54. The molecule has 1 aromatic carbocycles. The van der Waals surface area contributed by atoms with Crippen molar-refractivity contribution >= 4 is 29.2 Å². The number of likely N-dealkylation sites (N-methyl/N-ethyl adjacent to an activating group) is 1. The Morgan fingerprint density at radius 1 is 1.23 bits per heavy atom. The third-order valence-electron chi connectivity index (χ3n) is 5.05. The molecular weight excluding hydrogens is 384 g/mol. The zero-order valence-corrected chi connectivity index (χ0v) is 16.9. The number of hydrogen-bond donors (Lipinski definition) is 3. The van der Waals surface area contributed by atoms with Crippen LogP contribution in [0.2, 0.25) is 0 Å². The minimum absolute atomic E-state index is 0.0661. The minimum atomic E-state index is -0.250. The van der Waals surface area contributed by atoms with Crippen molar-refractivity contribution in [2.24, 2.45) is 0 Å². The molecule has 0 radical (unpaired) electrons. The van der Waals surface area contributed by atoms with Crippen molar-refractivity contribution in [2.75, 3.05) is 32.0 Å². The second-order valence-corrected chi connectivity index (χ2v) is 6.96. The largest absolute Gasteiger partial charge is 0.483 e. The normalized spacial score (nSPS) is 14.6. The minimum Gasteiger partial charge on any atom is -0.483 e. The molecule has 2 aromatic heterocycles. The first-order valence-electron chi connectivity index (χ1n) is 9.81. The van der Waals surface area contributed by atoms with Crippen molar-refractivity contribution in [2.45, 2.75) is 18.9 Å². The molecule has 0 unspecified atom stereocenters. The van der Waals surface area contributed by atoms with E-state index in [2.05, 4.69) is 43.3 Å². The van der Waals surface area contributed by atoms with E-state index in [4.69, 9.17) is 14.9 Å². The molecule has 1 saturated heterocycles. The summed E-state index contributed by atoms with van der Waals surface area (Å²) in [6.45, 7) is 2.01. The first-order valence-corrected chi connectivity index (χ1v) is 9.81. The summed E-state index contributed by atoms with van der Waals surface area (Å²) in [6.07, 6.45) is 5.77. The zero-order chi connectivity index (χ0) is 21.3. The van der Waals surface area contributed by atoms with Gasteiger partial charge in [-0.25, -0.2) is 4.98 Å². The van der Waals surface area contributed by atoms with Gasteiger partial charge in [-0.2, -0.15) is 4.98 Å². The van der Waals surface area contributed by atoms with E-state index in [-0.39, 0.29) is 12.4 Å². The molecule has 158 valence electrons. The van der Waals surface area contributed by atoms with Crippen LogP contribution in [-0.2, 0) is 9.59 Å². The number of anilines is 1. The van der Waals surface area contributed by atoms with Gasteiger partial charge in [-0.1, -0.05) is 18.2 Å². The Morgan fingerprint density at radius 2 is 1.97 bits per heavy atom. The van der Waals surface area contributed by atoms with E-state index in [0.29, 0.717) is 18.5 Å². The Hall–Kier alpha value is -3.46. The van der Waals surface area contributed by atoms with E-state index in [9.17, 15) is 4.79 Å². The number of likely N-dealkylation sites (tertiary alicyclic amines) is 1. The van der Waals surface area contributed by atoms with E-state index in [1.807, 2.05) is 24.4 Å². The number of nitrogens with one attached hydrogen (secondary N) is 2. The third-order valence-corrected chi connectivity index (χ3v) is 5.05. The maximum atomic E-state index is 11.5. The molecule has 1 amide bonds. The quantitative estimate of drug-likeness (QED) is 0.549. The first kappa shape index (κ1) is 21.3. The molecule has 30 heavy (non-hydrogen) atoms. The number of piperidine rings is 1. The van der Waals surface area contributed by atoms with Crippen molar-refractivity contribution in [1.82, 2.24) is 24.8 Å². The Morgan fingerprint density at radius 3 is 2.70 bits per heavy atom. The molecular formula is C21H26N6O3. The topological polar surface area (TPSA) is 112 Å². The summed E-state index contributed by atoms with van der Waals surface area (Å²) >= 11 is 0. The molecule has 1 fully saturated rings. The van der Waals surface area contributed by atoms with Crippen LogP contribution in [0, 0.1) is 0 Å². The van der Waals surface area contributed by atoms with Crippen molar-refractivity contribution in [3.05, 3.63) is 48.8 Å². The number of hydrogen-bond acceptors (Lipinski definition) is 6. The molecule has 1 aliphatic heterocycles. The van der Waals surface area contributed by atoms with Gasteiger partial charge in [0, 0.05) is 38.6 Å². The Bertz CT molecular complexity index is 982. The van der Waals surface area contributed by atoms with Gasteiger partial charge in [0.2, 0.25) is 11.9 Å². The lowest BCUT2D eigenvalue weighted by molar-refractivity contribution is -0.123. The summed E-state index contributed by atoms with van der Waals surface area (Å²) < 4.78 is 2.08. The van der Waals surface area contributed by atoms with Gasteiger partial charge in [-0.05, 0) is 36.4 Å². The average molecular weight is 410 g/mol. The fraction of sp³-hybridized carbons (Fsp3) is 0.333. The molecule has 0 atom stereocenters. The van der Waals surface area contributed by atoms with Gasteiger partial charge in [0.05, 0.1) is 12.1 Å². The molecule has 9 heteroatoms. The number of carbonyl (C=O) groups excluding carboxylic acids is 1. The van der Waals surface area contributed by atoms with E-state index in [1.165, 1.54) is 5.39 Å². The summed E-state index contributed by atoms with van der Waals surface area (Å²) in [6, 6.07) is 12.6. The lowest BCUT2D eigenvalue weighted by Gasteiger charge is -2.31. The molecule has 0 bridgehead atoms. The summed E-state index contributed by atoms with van der Waals surface area (Å²) in [5.74, 6) is 1.57. The standard InChI is InChI=1S/C20H24N6O.CH2O2/c1-21-19(27)14-25-11-8-16(9-12-25)23-20-22-10-6-18(24-20)26-13-7-15-4-2-3-5-17(15)26;2-1-3/h2-7,10,13,16H,8-9,11-12,14H2,1H3,(H,21,27)(H,22,23,24);1H,(H,2,3). The lowest BCUT2D eigenvalue weighted by atomic mass is 10.1. The van der Waals surface area contributed by atoms with Crippen LogP contribution in [0.5, 0.6) is 0 Å². The van der Waals surface area contributed by atoms with Gasteiger partial charge < -0.3 is 20.3 Å². The highest BCUT2D eigenvalue weighted by molar-refractivity contribution is 5.81. The lowest BCUT2D eigenvalue weighted by Crippen LogP contribution is -2.43. The third kappa shape index (κ3) is 5.32. The maximum Gasteiger partial charge on any atom is 0.290 e. The van der Waals surface area contributed by atoms with Gasteiger partial charge in [0.25, 0.3) is 6.47 Å². The molecule has 0 spiro atoms. The fourth-order valence-corrected chi connectivity index (χ4v) is 3.54. The van der Waals surface area contributed by atoms with Crippen molar-refractivity contribution in [3.63, 3.8) is 0 Å². The second-order valence-electron chi connectivity index (χ2n) is 6.96. The highest BCUT2D eigenvalue weighted by atomic mass is 16.3. The number of aromatic nitrogens is 3. The first-order chi connectivity index (χ1) is 14.6. The average Bonchev–Trinajstić information content (AvgIpc) is 3.20. The predicted octanol–water partition coefficient (Wildman–Crippen LogP) is 1.74. The van der Waals surface area contributed by atoms with Crippen LogP contribution in [0.4, 0.5) is 5.95 Å². The molecule has 0 aliphatic carbocycles. The Kier molecular flexibility index (Phi) is 7.34. The molecule has 0 saturated carbocycles. The molecule has 1 aliphatic rings. The van der Waals surface area contributed by atoms with Crippen LogP contribution in [-0.4, -0.2) is 69.6 Å². The van der Waals surface area contributed by atoms with E-state index in [0.717, 1.165) is 37.3 Å². The highest BCUT2D eigenvalue weighted by Gasteiger charge is 2.21. The number of benzene rings is 1. The number of nitrogens with zero attached hydrogens (tertiary/aromatic N) is 4. The second kappa shape index (κ2) is 10.4. The van der Waals surface area contributed by atoms with Crippen LogP contribution < -0.4 is 10.6 Å². The summed E-state index contributed by atoms with van der Waals surface area (Å²) in [4.78, 5) is 31.1. The number of amides is 1. The van der Waals surface area contributed by atoms with Gasteiger partial charge in [-0.15, -0.1) is 0 Å². The van der Waals surface area contributed by atoms with E-state index in [1.54, 1.807) is 13.2 Å². The number of fused-ring (bicyclic) bond motifs is 1. The van der Waals surface area contributed by atoms with Crippen molar-refractivity contribution in [1.29, 1.82) is 0 Å². The Labute approximate surface area is 174 Å². The maximum absolute atomic E-state index is 11.5. The molecule has 3 N–H and O–H groups in total. The van der Waals surface area contributed by atoms with Crippen LogP contribution in [0.3, 0.4) is 0 Å². The molecule has 3 aromatic rings. The van der Waals surface area contributed by atoms with Crippen LogP contribution in [0.1, 0.15) is 12.8 Å². The van der Waals surface area contributed by atoms with Crippen LogP contribution in [0.25, 0.3) is 16.7 Å². The summed E-state index contributed by atoms with van der Waals surface area (Å²) in [7, 11) is 1.68. The van der Waals surface area contributed by atoms with Gasteiger partial charge in [0.1, 0.15) is 5.82 Å². The molecule has 9 nitrogen and oxygen atoms in total.